The average molecular weight is 385 g/mol. The molecule has 144 valence electrons. The number of benzene rings is 1. The SMILES string of the molecule is CS(=O)(=O)c1ccc(COC2CCOC3(CCN(C(=O)O)CC3)O2)cc1. The molecular formula is C17H23NO7S. The largest absolute Gasteiger partial charge is 0.465 e. The summed E-state index contributed by atoms with van der Waals surface area (Å²) < 4.78 is 40.5. The minimum absolute atomic E-state index is 0.271. The zero-order valence-corrected chi connectivity index (χ0v) is 15.4. The average Bonchev–Trinajstić information content (AvgIpc) is 2.60. The third-order valence-corrected chi connectivity index (χ3v) is 5.78. The first-order valence-corrected chi connectivity index (χ1v) is 10.4. The van der Waals surface area contributed by atoms with Gasteiger partial charge in [-0.25, -0.2) is 13.2 Å². The number of ether oxygens (including phenoxy) is 3. The molecule has 2 heterocycles. The maximum Gasteiger partial charge on any atom is 0.407 e. The van der Waals surface area contributed by atoms with E-state index in [4.69, 9.17) is 19.3 Å². The second-order valence-electron chi connectivity index (χ2n) is 6.59. The van der Waals surface area contributed by atoms with Gasteiger partial charge in [-0.1, -0.05) is 12.1 Å². The summed E-state index contributed by atoms with van der Waals surface area (Å²) >= 11 is 0. The van der Waals surface area contributed by atoms with Gasteiger partial charge < -0.3 is 24.2 Å². The molecule has 2 aliphatic rings. The minimum Gasteiger partial charge on any atom is -0.465 e. The maximum atomic E-state index is 11.5. The number of sulfone groups is 1. The van der Waals surface area contributed by atoms with Gasteiger partial charge in [-0.05, 0) is 17.7 Å². The van der Waals surface area contributed by atoms with E-state index in [9.17, 15) is 13.2 Å². The summed E-state index contributed by atoms with van der Waals surface area (Å²) in [6, 6.07) is 6.55. The van der Waals surface area contributed by atoms with Crippen molar-refractivity contribution < 1.29 is 32.5 Å². The van der Waals surface area contributed by atoms with Gasteiger partial charge in [-0.3, -0.25) is 0 Å². The molecule has 8 nitrogen and oxygen atoms in total. The Morgan fingerprint density at radius 2 is 1.96 bits per heavy atom. The predicted molar refractivity (Wildman–Crippen MR) is 91.3 cm³/mol. The zero-order valence-electron chi connectivity index (χ0n) is 14.6. The molecule has 0 aromatic heterocycles. The van der Waals surface area contributed by atoms with Crippen molar-refractivity contribution in [3.63, 3.8) is 0 Å². The number of likely N-dealkylation sites (tertiary alicyclic amines) is 1. The van der Waals surface area contributed by atoms with Gasteiger partial charge in [0.2, 0.25) is 0 Å². The summed E-state index contributed by atoms with van der Waals surface area (Å²) in [5, 5.41) is 9.04. The van der Waals surface area contributed by atoms with Crippen LogP contribution in [-0.2, 0) is 30.7 Å². The highest BCUT2D eigenvalue weighted by atomic mass is 32.2. The Kier molecular flexibility index (Phi) is 5.52. The van der Waals surface area contributed by atoms with Crippen LogP contribution in [0.1, 0.15) is 24.8 Å². The van der Waals surface area contributed by atoms with Crippen LogP contribution >= 0.6 is 0 Å². The van der Waals surface area contributed by atoms with Gasteiger partial charge in [-0.15, -0.1) is 0 Å². The molecule has 1 N–H and O–H groups in total. The lowest BCUT2D eigenvalue weighted by Gasteiger charge is -2.45. The van der Waals surface area contributed by atoms with Crippen LogP contribution in [0.2, 0.25) is 0 Å². The molecule has 1 atom stereocenters. The van der Waals surface area contributed by atoms with Crippen LogP contribution in [0.5, 0.6) is 0 Å². The second kappa shape index (κ2) is 7.51. The topological polar surface area (TPSA) is 102 Å². The molecule has 1 amide bonds. The van der Waals surface area contributed by atoms with Gasteiger partial charge in [-0.2, -0.15) is 0 Å². The number of hydrogen-bond acceptors (Lipinski definition) is 6. The number of hydrogen-bond donors (Lipinski definition) is 1. The summed E-state index contributed by atoms with van der Waals surface area (Å²) in [4.78, 5) is 12.6. The number of carbonyl (C=O) groups is 1. The van der Waals surface area contributed by atoms with E-state index in [1.165, 1.54) is 11.2 Å². The van der Waals surface area contributed by atoms with E-state index in [0.29, 0.717) is 45.6 Å². The van der Waals surface area contributed by atoms with Gasteiger partial charge in [0.15, 0.2) is 21.9 Å². The van der Waals surface area contributed by atoms with Crippen LogP contribution in [-0.4, -0.2) is 62.5 Å². The van der Waals surface area contributed by atoms with E-state index >= 15 is 0 Å². The number of carboxylic acid groups (broad SMARTS) is 1. The highest BCUT2D eigenvalue weighted by molar-refractivity contribution is 7.90. The summed E-state index contributed by atoms with van der Waals surface area (Å²) in [5.74, 6) is -0.783. The third-order valence-electron chi connectivity index (χ3n) is 4.65. The number of amides is 1. The van der Waals surface area contributed by atoms with E-state index in [1.807, 2.05) is 0 Å². The van der Waals surface area contributed by atoms with E-state index in [1.54, 1.807) is 24.3 Å². The van der Waals surface area contributed by atoms with Crippen molar-refractivity contribution >= 4 is 15.9 Å². The van der Waals surface area contributed by atoms with Crippen LogP contribution in [0.4, 0.5) is 4.79 Å². The lowest BCUT2D eigenvalue weighted by molar-refractivity contribution is -0.357. The van der Waals surface area contributed by atoms with Crippen LogP contribution in [0.25, 0.3) is 0 Å². The first-order valence-electron chi connectivity index (χ1n) is 8.48. The third kappa shape index (κ3) is 4.53. The molecule has 1 unspecified atom stereocenters. The summed E-state index contributed by atoms with van der Waals surface area (Å²) in [6.45, 7) is 1.53. The molecule has 3 rings (SSSR count). The number of rotatable bonds is 4. The van der Waals surface area contributed by atoms with E-state index in [2.05, 4.69) is 0 Å². The normalized spacial score (nSPS) is 23.1. The van der Waals surface area contributed by atoms with Crippen molar-refractivity contribution in [3.8, 4) is 0 Å². The molecular weight excluding hydrogens is 362 g/mol. The van der Waals surface area contributed by atoms with Crippen LogP contribution in [0.15, 0.2) is 29.2 Å². The summed E-state index contributed by atoms with van der Waals surface area (Å²) in [5.41, 5.74) is 0.849. The molecule has 0 radical (unpaired) electrons. The van der Waals surface area contributed by atoms with Crippen molar-refractivity contribution in [1.82, 2.24) is 4.90 Å². The Morgan fingerprint density at radius 3 is 2.54 bits per heavy atom. The van der Waals surface area contributed by atoms with Crippen LogP contribution < -0.4 is 0 Å². The van der Waals surface area contributed by atoms with E-state index in [0.717, 1.165) is 5.56 Å². The monoisotopic (exact) mass is 385 g/mol. The minimum atomic E-state index is -3.21. The van der Waals surface area contributed by atoms with Crippen molar-refractivity contribution in [2.75, 3.05) is 26.0 Å². The zero-order chi connectivity index (χ0) is 18.8. The molecule has 0 saturated carbocycles. The highest BCUT2D eigenvalue weighted by Crippen LogP contribution is 2.33. The quantitative estimate of drug-likeness (QED) is 0.843. The first kappa shape index (κ1) is 19.1. The van der Waals surface area contributed by atoms with Crippen molar-refractivity contribution in [2.24, 2.45) is 0 Å². The van der Waals surface area contributed by atoms with E-state index < -0.39 is 28.0 Å². The van der Waals surface area contributed by atoms with Gasteiger partial charge in [0.25, 0.3) is 0 Å². The predicted octanol–water partition coefficient (Wildman–Crippen LogP) is 1.84. The molecule has 1 aromatic carbocycles. The Balaban J connectivity index is 1.53. The highest BCUT2D eigenvalue weighted by Gasteiger charge is 2.42. The molecule has 2 saturated heterocycles. The Morgan fingerprint density at radius 1 is 1.31 bits per heavy atom. The van der Waals surface area contributed by atoms with Gasteiger partial charge >= 0.3 is 6.09 Å². The van der Waals surface area contributed by atoms with Crippen LogP contribution in [0, 0.1) is 0 Å². The standard InChI is InChI=1S/C17H23NO7S/c1-26(21,22)14-4-2-13(3-5-14)12-23-15-6-11-24-17(25-15)7-9-18(10-8-17)16(19)20/h2-5,15H,6-12H2,1H3,(H,19,20). The molecule has 2 aliphatic heterocycles. The Hall–Kier alpha value is -1.68. The second-order valence-corrected chi connectivity index (χ2v) is 8.61. The summed E-state index contributed by atoms with van der Waals surface area (Å²) in [6.07, 6.45) is 1.34. The fourth-order valence-corrected chi connectivity index (χ4v) is 3.74. The molecule has 9 heteroatoms. The van der Waals surface area contributed by atoms with Crippen molar-refractivity contribution in [1.29, 1.82) is 0 Å². The Labute approximate surface area is 152 Å². The van der Waals surface area contributed by atoms with Crippen LogP contribution in [0.3, 0.4) is 0 Å². The van der Waals surface area contributed by atoms with E-state index in [-0.39, 0.29) is 4.90 Å². The lowest BCUT2D eigenvalue weighted by atomic mass is 10.0. The molecule has 1 spiro atoms. The fraction of sp³-hybridized carbons (Fsp3) is 0.588. The van der Waals surface area contributed by atoms with Gasteiger partial charge in [0, 0.05) is 38.6 Å². The molecule has 1 aromatic rings. The smallest absolute Gasteiger partial charge is 0.407 e. The molecule has 2 fully saturated rings. The lowest BCUT2D eigenvalue weighted by Crippen LogP contribution is -2.53. The molecule has 0 aliphatic carbocycles. The van der Waals surface area contributed by atoms with Gasteiger partial charge in [0.1, 0.15) is 0 Å². The maximum absolute atomic E-state index is 11.5. The van der Waals surface area contributed by atoms with Crippen molar-refractivity contribution in [3.05, 3.63) is 29.8 Å². The first-order chi connectivity index (χ1) is 12.3. The molecule has 0 bridgehead atoms. The molecule has 26 heavy (non-hydrogen) atoms. The van der Waals surface area contributed by atoms with Crippen molar-refractivity contribution in [2.45, 2.75) is 42.8 Å². The fourth-order valence-electron chi connectivity index (χ4n) is 3.11. The number of piperidine rings is 1. The number of nitrogens with zero attached hydrogens (tertiary/aromatic N) is 1. The summed E-state index contributed by atoms with van der Waals surface area (Å²) in [7, 11) is -3.21. The van der Waals surface area contributed by atoms with Gasteiger partial charge in [0.05, 0.1) is 18.1 Å². The Bertz CT molecular complexity index is 739.